The second kappa shape index (κ2) is 6.72. The van der Waals surface area contributed by atoms with Crippen LogP contribution >= 0.6 is 0 Å². The highest BCUT2D eigenvalue weighted by molar-refractivity contribution is 5.79. The van der Waals surface area contributed by atoms with Gasteiger partial charge < -0.3 is 15.2 Å². The minimum Gasteiger partial charge on any atom is -0.362 e. The zero-order valence-corrected chi connectivity index (χ0v) is 17.5. The number of halogens is 2. The van der Waals surface area contributed by atoms with Crippen molar-refractivity contribution in [1.82, 2.24) is 29.9 Å². The lowest BCUT2D eigenvalue weighted by Crippen LogP contribution is -2.68. The minimum atomic E-state index is -3.07. The highest BCUT2D eigenvalue weighted by Crippen LogP contribution is 2.57. The Kier molecular flexibility index (Phi) is 4.08. The number of rotatable bonds is 5. The van der Waals surface area contributed by atoms with Crippen LogP contribution in [0.4, 0.5) is 14.5 Å². The fraction of sp³-hybridized carbons (Fsp3) is 0.476. The molecule has 0 radical (unpaired) electrons. The summed E-state index contributed by atoms with van der Waals surface area (Å²) in [4.78, 5) is 46.3. The van der Waals surface area contributed by atoms with E-state index in [4.69, 9.17) is 0 Å². The Morgan fingerprint density at radius 1 is 1.27 bits per heavy atom. The summed E-state index contributed by atoms with van der Waals surface area (Å²) >= 11 is 0. The number of hydrogen-bond acceptors (Lipinski definition) is 6. The number of nitrogens with zero attached hydrogens (tertiary/aromatic N) is 4. The smallest absolute Gasteiger partial charge is 0.325 e. The molecule has 1 aliphatic heterocycles. The second-order valence-electron chi connectivity index (χ2n) is 9.45. The highest BCUT2D eigenvalue weighted by Gasteiger charge is 2.58. The average Bonchev–Trinajstić information content (AvgIpc) is 3.27. The van der Waals surface area contributed by atoms with E-state index in [1.165, 1.54) is 27.9 Å². The fourth-order valence-corrected chi connectivity index (χ4v) is 5.31. The summed E-state index contributed by atoms with van der Waals surface area (Å²) < 4.78 is 31.3. The number of hydrogen-bond donors (Lipinski definition) is 3. The molecule has 7 rings (SSSR count). The van der Waals surface area contributed by atoms with Gasteiger partial charge >= 0.3 is 5.69 Å². The maximum atomic E-state index is 14.9. The van der Waals surface area contributed by atoms with Crippen LogP contribution in [-0.4, -0.2) is 55.0 Å². The molecule has 4 heterocycles. The molecule has 1 saturated heterocycles. The zero-order chi connectivity index (χ0) is 23.0. The number of carbonyl (C=O) groups is 1. The van der Waals surface area contributed by atoms with E-state index in [1.54, 1.807) is 6.20 Å². The number of nitrogens with one attached hydrogen (secondary N) is 3. The molecule has 3 aromatic rings. The molecule has 3 aliphatic carbocycles. The van der Waals surface area contributed by atoms with Gasteiger partial charge in [-0.3, -0.25) is 14.6 Å². The van der Waals surface area contributed by atoms with Crippen molar-refractivity contribution in [2.45, 2.75) is 37.1 Å². The van der Waals surface area contributed by atoms with E-state index in [0.29, 0.717) is 17.3 Å². The van der Waals surface area contributed by atoms with Gasteiger partial charge in [0.2, 0.25) is 5.91 Å². The molecule has 2 bridgehead atoms. The third kappa shape index (κ3) is 3.23. The van der Waals surface area contributed by atoms with E-state index in [-0.39, 0.29) is 35.7 Å². The van der Waals surface area contributed by atoms with E-state index in [9.17, 15) is 23.2 Å². The van der Waals surface area contributed by atoms with Crippen LogP contribution in [0.15, 0.2) is 34.2 Å². The molecule has 33 heavy (non-hydrogen) atoms. The topological polar surface area (TPSA) is 128 Å². The van der Waals surface area contributed by atoms with Gasteiger partial charge in [0.05, 0.1) is 23.7 Å². The Labute approximate surface area is 185 Å². The van der Waals surface area contributed by atoms with Gasteiger partial charge in [-0.2, -0.15) is 5.10 Å². The first-order valence-electron chi connectivity index (χ1n) is 10.8. The molecule has 0 aromatic carbocycles. The Hall–Kier alpha value is -3.57. The number of amides is 1. The number of aromatic amines is 2. The van der Waals surface area contributed by atoms with E-state index in [1.807, 2.05) is 0 Å². The zero-order valence-electron chi connectivity index (χ0n) is 17.5. The lowest BCUT2D eigenvalue weighted by molar-refractivity contribution is -0.136. The number of fused-ring (bicyclic) bond motifs is 1. The van der Waals surface area contributed by atoms with Crippen LogP contribution in [0.1, 0.15) is 25.7 Å². The van der Waals surface area contributed by atoms with Gasteiger partial charge in [-0.25, -0.2) is 23.1 Å². The minimum absolute atomic E-state index is 0.0377. The van der Waals surface area contributed by atoms with Gasteiger partial charge in [0, 0.05) is 37.1 Å². The van der Waals surface area contributed by atoms with Crippen LogP contribution in [-0.2, 0) is 4.79 Å². The first-order valence-corrected chi connectivity index (χ1v) is 10.8. The van der Waals surface area contributed by atoms with Crippen molar-refractivity contribution in [2.75, 3.05) is 18.0 Å². The second-order valence-corrected chi connectivity index (χ2v) is 9.45. The van der Waals surface area contributed by atoms with Crippen molar-refractivity contribution >= 4 is 17.2 Å². The SMILES string of the molecule is O=C(CC1CN(c2cc(-c3c[nH]c(=O)[nH]c3=O)nn3ccnc23)CC1(F)F)NC12CC(C1)C2. The van der Waals surface area contributed by atoms with Gasteiger partial charge in [-0.1, -0.05) is 0 Å². The van der Waals surface area contributed by atoms with Gasteiger partial charge in [0.25, 0.3) is 11.5 Å². The van der Waals surface area contributed by atoms with Crippen LogP contribution in [0.25, 0.3) is 16.9 Å². The molecule has 10 nitrogen and oxygen atoms in total. The van der Waals surface area contributed by atoms with E-state index >= 15 is 0 Å². The third-order valence-electron chi connectivity index (χ3n) is 7.09. The summed E-state index contributed by atoms with van der Waals surface area (Å²) in [6, 6.07) is 1.51. The molecule has 0 spiro atoms. The third-order valence-corrected chi connectivity index (χ3v) is 7.09. The standard InChI is InChI=1S/C21H21F2N7O3/c22-21(23)10-29(9-12(21)3-16(31)27-20-5-11(6-20)7-20)15-4-14(28-30-2-1-24-17(15)30)13-8-25-19(33)26-18(13)32/h1-2,4,8,11-12H,3,5-7,9-10H2,(H,27,31)(H2,25,26,32,33). The lowest BCUT2D eigenvalue weighted by atomic mass is 9.50. The van der Waals surface area contributed by atoms with E-state index in [0.717, 1.165) is 19.3 Å². The quantitative estimate of drug-likeness (QED) is 0.522. The summed E-state index contributed by atoms with van der Waals surface area (Å²) in [6.07, 6.45) is 6.86. The molecule has 3 N–H and O–H groups in total. The molecule has 4 fully saturated rings. The summed E-state index contributed by atoms with van der Waals surface area (Å²) in [6.45, 7) is -0.615. The summed E-state index contributed by atoms with van der Waals surface area (Å²) in [5.41, 5.74) is -0.445. The van der Waals surface area contributed by atoms with Crippen molar-refractivity contribution in [3.63, 3.8) is 0 Å². The molecular formula is C21H21F2N7O3. The summed E-state index contributed by atoms with van der Waals surface area (Å²) in [5.74, 6) is -3.87. The average molecular weight is 457 g/mol. The van der Waals surface area contributed by atoms with Crippen molar-refractivity contribution in [2.24, 2.45) is 11.8 Å². The lowest BCUT2D eigenvalue weighted by Gasteiger charge is -2.61. The number of anilines is 1. The van der Waals surface area contributed by atoms with Gasteiger partial charge in [0.15, 0.2) is 5.65 Å². The highest BCUT2D eigenvalue weighted by atomic mass is 19.3. The van der Waals surface area contributed by atoms with Gasteiger partial charge in [-0.05, 0) is 31.2 Å². The molecule has 172 valence electrons. The predicted octanol–water partition coefficient (Wildman–Crippen LogP) is 0.903. The normalized spacial score (nSPS) is 27.3. The van der Waals surface area contributed by atoms with Crippen LogP contribution in [0.5, 0.6) is 0 Å². The molecule has 4 aliphatic rings. The first kappa shape index (κ1) is 20.1. The van der Waals surface area contributed by atoms with Crippen LogP contribution in [0, 0.1) is 11.8 Å². The number of H-pyrrole nitrogens is 2. The number of carbonyl (C=O) groups excluding carboxylic acids is 1. The van der Waals surface area contributed by atoms with Crippen LogP contribution in [0.2, 0.25) is 0 Å². The summed E-state index contributed by atoms with van der Waals surface area (Å²) in [7, 11) is 0. The van der Waals surface area contributed by atoms with Gasteiger partial charge in [0.1, 0.15) is 5.69 Å². The summed E-state index contributed by atoms with van der Waals surface area (Å²) in [5, 5.41) is 7.29. The Morgan fingerprint density at radius 3 is 2.76 bits per heavy atom. The molecule has 1 amide bonds. The molecule has 12 heteroatoms. The molecular weight excluding hydrogens is 436 g/mol. The van der Waals surface area contributed by atoms with Gasteiger partial charge in [-0.15, -0.1) is 0 Å². The largest absolute Gasteiger partial charge is 0.362 e. The molecule has 3 saturated carbocycles. The van der Waals surface area contributed by atoms with Crippen molar-refractivity contribution < 1.29 is 13.6 Å². The molecule has 3 aromatic heterocycles. The van der Waals surface area contributed by atoms with Crippen LogP contribution < -0.4 is 21.5 Å². The molecule has 1 atom stereocenters. The van der Waals surface area contributed by atoms with Crippen molar-refractivity contribution in [3.8, 4) is 11.3 Å². The number of imidazole rings is 1. The van der Waals surface area contributed by atoms with Crippen molar-refractivity contribution in [1.29, 1.82) is 0 Å². The van der Waals surface area contributed by atoms with Crippen LogP contribution in [0.3, 0.4) is 0 Å². The number of alkyl halides is 2. The molecule has 1 unspecified atom stereocenters. The van der Waals surface area contributed by atoms with E-state index in [2.05, 4.69) is 25.4 Å². The number of aromatic nitrogens is 5. The maximum Gasteiger partial charge on any atom is 0.325 e. The predicted molar refractivity (Wildman–Crippen MR) is 113 cm³/mol. The maximum absolute atomic E-state index is 14.9. The fourth-order valence-electron chi connectivity index (χ4n) is 5.31. The van der Waals surface area contributed by atoms with E-state index < -0.39 is 29.6 Å². The van der Waals surface area contributed by atoms with Crippen molar-refractivity contribution in [3.05, 3.63) is 45.5 Å². The first-order chi connectivity index (χ1) is 15.7. The Bertz CT molecular complexity index is 1380. The Morgan fingerprint density at radius 2 is 2.06 bits per heavy atom. The monoisotopic (exact) mass is 457 g/mol. The Balaban J connectivity index is 1.30.